The predicted octanol–water partition coefficient (Wildman–Crippen LogP) is 3.26. The molecule has 0 aliphatic rings. The number of benzene rings is 1. The molecule has 6 heteroatoms. The predicted molar refractivity (Wildman–Crippen MR) is 84.7 cm³/mol. The molecule has 4 rings (SSSR count). The zero-order valence-corrected chi connectivity index (χ0v) is 12.3. The maximum Gasteiger partial charge on any atom is 0.193 e. The van der Waals surface area contributed by atoms with E-state index in [4.69, 9.17) is 0 Å². The van der Waals surface area contributed by atoms with E-state index in [2.05, 4.69) is 39.3 Å². The molecule has 0 saturated carbocycles. The molecule has 3 heterocycles. The third kappa shape index (κ3) is 2.23. The highest BCUT2D eigenvalue weighted by Crippen LogP contribution is 2.21. The first-order valence-electron chi connectivity index (χ1n) is 6.66. The number of imidazole rings is 1. The Kier molecular flexibility index (Phi) is 2.82. The van der Waals surface area contributed by atoms with Crippen molar-refractivity contribution in [3.8, 4) is 0 Å². The van der Waals surface area contributed by atoms with Gasteiger partial charge < -0.3 is 5.32 Å². The van der Waals surface area contributed by atoms with Crippen LogP contribution < -0.4 is 5.32 Å². The highest BCUT2D eigenvalue weighted by molar-refractivity contribution is 7.15. The van der Waals surface area contributed by atoms with Gasteiger partial charge in [0.05, 0.1) is 17.8 Å². The van der Waals surface area contributed by atoms with Crippen molar-refractivity contribution in [2.75, 3.05) is 5.32 Å². The van der Waals surface area contributed by atoms with Gasteiger partial charge in [0.25, 0.3) is 0 Å². The van der Waals surface area contributed by atoms with Crippen LogP contribution in [0.25, 0.3) is 15.9 Å². The van der Waals surface area contributed by atoms with Gasteiger partial charge in [-0.15, -0.1) is 11.3 Å². The van der Waals surface area contributed by atoms with Crippen LogP contribution in [-0.2, 0) is 6.54 Å². The summed E-state index contributed by atoms with van der Waals surface area (Å²) in [6, 6.07) is 6.18. The smallest absolute Gasteiger partial charge is 0.193 e. The molecular formula is C15H13N5S. The molecule has 0 fully saturated rings. The van der Waals surface area contributed by atoms with Gasteiger partial charge >= 0.3 is 0 Å². The van der Waals surface area contributed by atoms with Gasteiger partial charge in [0, 0.05) is 23.2 Å². The maximum atomic E-state index is 4.56. The van der Waals surface area contributed by atoms with E-state index >= 15 is 0 Å². The molecule has 104 valence electrons. The summed E-state index contributed by atoms with van der Waals surface area (Å²) in [6.07, 6.45) is 5.64. The van der Waals surface area contributed by atoms with Crippen molar-refractivity contribution in [3.05, 3.63) is 53.6 Å². The summed E-state index contributed by atoms with van der Waals surface area (Å²) in [6.45, 7) is 2.72. The number of aryl methyl sites for hydroxylation is 1. The normalized spacial score (nSPS) is 11.3. The van der Waals surface area contributed by atoms with E-state index in [0.717, 1.165) is 27.4 Å². The molecule has 0 atom stereocenters. The largest absolute Gasteiger partial charge is 0.364 e. The first kappa shape index (κ1) is 12.3. The van der Waals surface area contributed by atoms with Crippen molar-refractivity contribution in [2.45, 2.75) is 13.5 Å². The van der Waals surface area contributed by atoms with Crippen molar-refractivity contribution in [1.29, 1.82) is 0 Å². The molecule has 0 bridgehead atoms. The van der Waals surface area contributed by atoms with Crippen LogP contribution in [0.5, 0.6) is 0 Å². The first-order valence-corrected chi connectivity index (χ1v) is 7.54. The van der Waals surface area contributed by atoms with Gasteiger partial charge in [-0.25, -0.2) is 15.0 Å². The summed E-state index contributed by atoms with van der Waals surface area (Å²) in [4.78, 5) is 14.2. The molecule has 0 aliphatic heterocycles. The fraction of sp³-hybridized carbons (Fsp3) is 0.133. The van der Waals surface area contributed by atoms with E-state index in [9.17, 15) is 0 Å². The minimum Gasteiger partial charge on any atom is -0.364 e. The lowest BCUT2D eigenvalue weighted by molar-refractivity contribution is 1.05. The maximum absolute atomic E-state index is 4.56. The van der Waals surface area contributed by atoms with Gasteiger partial charge in [-0.2, -0.15) is 0 Å². The van der Waals surface area contributed by atoms with Crippen LogP contribution in [0.3, 0.4) is 0 Å². The lowest BCUT2D eigenvalue weighted by atomic mass is 10.1. The Morgan fingerprint density at radius 1 is 1.29 bits per heavy atom. The summed E-state index contributed by atoms with van der Waals surface area (Å²) in [7, 11) is 0. The summed E-state index contributed by atoms with van der Waals surface area (Å²) in [5.41, 5.74) is 3.15. The van der Waals surface area contributed by atoms with E-state index in [1.807, 2.05) is 28.2 Å². The Balaban J connectivity index is 1.64. The number of hydrogen-bond acceptors (Lipinski definition) is 5. The second-order valence-electron chi connectivity index (χ2n) is 4.92. The SMILES string of the molecule is Cc1ccc2ncnc(NCc3cn4ccsc4n3)c2c1. The summed E-state index contributed by atoms with van der Waals surface area (Å²) < 4.78 is 2.03. The Bertz CT molecular complexity index is 896. The molecular weight excluding hydrogens is 282 g/mol. The van der Waals surface area contributed by atoms with Crippen LogP contribution in [0.15, 0.2) is 42.3 Å². The van der Waals surface area contributed by atoms with Gasteiger partial charge in [-0.3, -0.25) is 4.40 Å². The van der Waals surface area contributed by atoms with Crippen LogP contribution in [0.2, 0.25) is 0 Å². The summed E-state index contributed by atoms with van der Waals surface area (Å²) in [5, 5.41) is 6.43. The highest BCUT2D eigenvalue weighted by Gasteiger charge is 2.06. The molecule has 3 aromatic heterocycles. The van der Waals surface area contributed by atoms with Crippen LogP contribution >= 0.6 is 11.3 Å². The summed E-state index contributed by atoms with van der Waals surface area (Å²) in [5.74, 6) is 0.847. The highest BCUT2D eigenvalue weighted by atomic mass is 32.1. The number of aromatic nitrogens is 4. The lowest BCUT2D eigenvalue weighted by Gasteiger charge is -2.07. The molecule has 0 spiro atoms. The van der Waals surface area contributed by atoms with Gasteiger partial charge in [0.2, 0.25) is 0 Å². The summed E-state index contributed by atoms with van der Waals surface area (Å²) >= 11 is 1.63. The first-order chi connectivity index (χ1) is 10.3. The Labute approximate surface area is 125 Å². The molecule has 0 unspecified atom stereocenters. The van der Waals surface area contributed by atoms with Crippen LogP contribution in [0.1, 0.15) is 11.3 Å². The van der Waals surface area contributed by atoms with Gasteiger partial charge in [-0.1, -0.05) is 11.6 Å². The average molecular weight is 295 g/mol. The fourth-order valence-electron chi connectivity index (χ4n) is 2.35. The number of nitrogens with one attached hydrogen (secondary N) is 1. The zero-order chi connectivity index (χ0) is 14.2. The molecule has 1 aromatic carbocycles. The molecule has 0 radical (unpaired) electrons. The standard InChI is InChI=1S/C15H13N5S/c1-10-2-3-13-12(6-10)14(18-9-17-13)16-7-11-8-20-4-5-21-15(20)19-11/h2-6,8-9H,7H2,1H3,(H,16,17,18). The fourth-order valence-corrected chi connectivity index (χ4v) is 3.07. The third-order valence-electron chi connectivity index (χ3n) is 3.37. The number of nitrogens with zero attached hydrogens (tertiary/aromatic N) is 4. The van der Waals surface area contributed by atoms with Gasteiger partial charge in [0.1, 0.15) is 12.1 Å². The molecule has 5 nitrogen and oxygen atoms in total. The van der Waals surface area contributed by atoms with Crippen molar-refractivity contribution in [1.82, 2.24) is 19.4 Å². The van der Waals surface area contributed by atoms with Crippen LogP contribution in [0, 0.1) is 6.92 Å². The molecule has 0 aliphatic carbocycles. The second kappa shape index (κ2) is 4.82. The van der Waals surface area contributed by atoms with Crippen LogP contribution in [0.4, 0.5) is 5.82 Å². The molecule has 21 heavy (non-hydrogen) atoms. The van der Waals surface area contributed by atoms with Crippen molar-refractivity contribution >= 4 is 33.0 Å². The number of rotatable bonds is 3. The number of anilines is 1. The monoisotopic (exact) mass is 295 g/mol. The van der Waals surface area contributed by atoms with E-state index in [1.165, 1.54) is 5.56 Å². The quantitative estimate of drug-likeness (QED) is 0.630. The molecule has 1 N–H and O–H groups in total. The van der Waals surface area contributed by atoms with Crippen molar-refractivity contribution < 1.29 is 0 Å². The Hall–Kier alpha value is -2.47. The lowest BCUT2D eigenvalue weighted by Crippen LogP contribution is -2.03. The van der Waals surface area contributed by atoms with Crippen molar-refractivity contribution in [3.63, 3.8) is 0 Å². The van der Waals surface area contributed by atoms with Gasteiger partial charge in [-0.05, 0) is 19.1 Å². The third-order valence-corrected chi connectivity index (χ3v) is 4.14. The van der Waals surface area contributed by atoms with E-state index in [-0.39, 0.29) is 0 Å². The van der Waals surface area contributed by atoms with Gasteiger partial charge in [0.15, 0.2) is 4.96 Å². The minimum absolute atomic E-state index is 0.647. The molecule has 0 saturated heterocycles. The van der Waals surface area contributed by atoms with Crippen molar-refractivity contribution in [2.24, 2.45) is 0 Å². The van der Waals surface area contributed by atoms with E-state index in [1.54, 1.807) is 17.7 Å². The number of thiazole rings is 1. The number of hydrogen-bond donors (Lipinski definition) is 1. The van der Waals surface area contributed by atoms with E-state index in [0.29, 0.717) is 6.54 Å². The topological polar surface area (TPSA) is 55.1 Å². The second-order valence-corrected chi connectivity index (χ2v) is 5.79. The van der Waals surface area contributed by atoms with E-state index < -0.39 is 0 Å². The molecule has 0 amide bonds. The zero-order valence-electron chi connectivity index (χ0n) is 11.4. The Morgan fingerprint density at radius 2 is 2.24 bits per heavy atom. The Morgan fingerprint density at radius 3 is 3.14 bits per heavy atom. The average Bonchev–Trinajstić information content (AvgIpc) is 3.06. The van der Waals surface area contributed by atoms with Crippen LogP contribution in [-0.4, -0.2) is 19.4 Å². The molecule has 4 aromatic rings. The number of fused-ring (bicyclic) bond motifs is 2. The minimum atomic E-state index is 0.647.